The van der Waals surface area contributed by atoms with E-state index < -0.39 is 0 Å². The molecule has 19 heavy (non-hydrogen) atoms. The van der Waals surface area contributed by atoms with Crippen molar-refractivity contribution in [2.75, 3.05) is 24.7 Å². The first-order valence-corrected chi connectivity index (χ1v) is 7.96. The fraction of sp³-hybridized carbons (Fsp3) is 0.438. The summed E-state index contributed by atoms with van der Waals surface area (Å²) in [4.78, 5) is 8.00. The molecule has 0 atom stereocenters. The topological polar surface area (TPSA) is 29.1 Å². The molecule has 0 saturated carbocycles. The zero-order valence-electron chi connectivity index (χ0n) is 12.3. The lowest BCUT2D eigenvalue weighted by Gasteiger charge is -2.15. The van der Waals surface area contributed by atoms with Gasteiger partial charge in [0.1, 0.15) is 6.79 Å². The second-order valence-electron chi connectivity index (χ2n) is 4.05. The van der Waals surface area contributed by atoms with Gasteiger partial charge in [0, 0.05) is 12.7 Å². The number of hydrogen-bond donors (Lipinski definition) is 1. The lowest BCUT2D eigenvalue weighted by Crippen LogP contribution is -2.02. The lowest BCUT2D eigenvalue weighted by molar-refractivity contribution is -0.0979. The minimum absolute atomic E-state index is 1.04. The Morgan fingerprint density at radius 2 is 1.58 bits per heavy atom. The zero-order chi connectivity index (χ0) is 14.9. The molecule has 0 amide bonds. The zero-order valence-corrected chi connectivity index (χ0v) is 13.3. The van der Waals surface area contributed by atoms with Crippen LogP contribution in [-0.2, 0) is 4.79 Å². The summed E-state index contributed by atoms with van der Waals surface area (Å²) in [7, 11) is 3.20. The molecular formula is C16H28NOP. The minimum atomic E-state index is 1.04. The maximum Gasteiger partial charge on any atom is 0.106 e. The molecule has 1 heterocycles. The largest absolute Gasteiger partial charge is 0.388 e. The van der Waals surface area contributed by atoms with Crippen LogP contribution in [0.2, 0.25) is 0 Å². The van der Waals surface area contributed by atoms with E-state index in [0.29, 0.717) is 0 Å². The van der Waals surface area contributed by atoms with Crippen LogP contribution in [0.3, 0.4) is 0 Å². The summed E-state index contributed by atoms with van der Waals surface area (Å²) in [6, 6.07) is 10.1. The molecule has 1 saturated heterocycles. The van der Waals surface area contributed by atoms with Crippen molar-refractivity contribution in [1.82, 2.24) is 0 Å². The van der Waals surface area contributed by atoms with Crippen molar-refractivity contribution in [3.8, 4) is 0 Å². The molecule has 0 unspecified atom stereocenters. The van der Waals surface area contributed by atoms with Crippen LogP contribution in [0, 0.1) is 5.92 Å². The highest BCUT2D eigenvalue weighted by Crippen LogP contribution is 2.26. The van der Waals surface area contributed by atoms with E-state index in [1.165, 1.54) is 33.7 Å². The smallest absolute Gasteiger partial charge is 0.106 e. The lowest BCUT2D eigenvalue weighted by atomic mass is 10.1. The summed E-state index contributed by atoms with van der Waals surface area (Å²) in [5.74, 6) is 1.04. The molecule has 0 bridgehead atoms. The highest BCUT2D eigenvalue weighted by Gasteiger charge is 2.05. The summed E-state index contributed by atoms with van der Waals surface area (Å²) in [6.45, 7) is 10.4. The minimum Gasteiger partial charge on any atom is -0.388 e. The molecule has 1 fully saturated rings. The Labute approximate surface area is 120 Å². The van der Waals surface area contributed by atoms with Gasteiger partial charge in [-0.1, -0.05) is 25.1 Å². The summed E-state index contributed by atoms with van der Waals surface area (Å²) in [6.07, 6.45) is 6.03. The van der Waals surface area contributed by atoms with Gasteiger partial charge in [0.2, 0.25) is 0 Å². The van der Waals surface area contributed by atoms with Crippen LogP contribution in [0.5, 0.6) is 0 Å². The number of hydrogen-bond acceptors (Lipinski definition) is 2. The number of benzene rings is 1. The highest BCUT2D eigenvalue weighted by molar-refractivity contribution is 7.38. The van der Waals surface area contributed by atoms with Gasteiger partial charge in [-0.3, -0.25) is 0 Å². The summed E-state index contributed by atoms with van der Waals surface area (Å²) in [5.41, 5.74) is 1.16. The second kappa shape index (κ2) is 16.9. The van der Waals surface area contributed by atoms with Crippen molar-refractivity contribution in [3.05, 3.63) is 43.5 Å². The Morgan fingerprint density at radius 3 is 1.84 bits per heavy atom. The number of para-hydroxylation sites is 1. The maximum absolute atomic E-state index is 8.00. The van der Waals surface area contributed by atoms with Crippen molar-refractivity contribution >= 4 is 21.1 Å². The molecule has 0 aromatic heterocycles. The van der Waals surface area contributed by atoms with E-state index in [2.05, 4.69) is 25.4 Å². The van der Waals surface area contributed by atoms with E-state index >= 15 is 0 Å². The van der Waals surface area contributed by atoms with E-state index in [9.17, 15) is 0 Å². The molecule has 0 radical (unpaired) electrons. The van der Waals surface area contributed by atoms with Crippen LogP contribution in [0.4, 0.5) is 5.69 Å². The molecular weight excluding hydrogens is 253 g/mol. The van der Waals surface area contributed by atoms with Gasteiger partial charge in [0.05, 0.1) is 0 Å². The summed E-state index contributed by atoms with van der Waals surface area (Å²) in [5, 5.41) is 3.03. The number of anilines is 1. The predicted octanol–water partition coefficient (Wildman–Crippen LogP) is 4.44. The fourth-order valence-electron chi connectivity index (χ4n) is 1.57. The van der Waals surface area contributed by atoms with Crippen LogP contribution in [0.15, 0.2) is 43.5 Å². The third-order valence-electron chi connectivity index (χ3n) is 2.69. The second-order valence-corrected chi connectivity index (χ2v) is 5.55. The van der Waals surface area contributed by atoms with Gasteiger partial charge in [-0.05, 0) is 43.2 Å². The first-order valence-electron chi connectivity index (χ1n) is 6.55. The van der Waals surface area contributed by atoms with E-state index in [1.807, 2.05) is 44.2 Å². The Morgan fingerprint density at radius 1 is 1.11 bits per heavy atom. The average Bonchev–Trinajstić information content (AvgIpc) is 2.53. The monoisotopic (exact) mass is 281 g/mol. The SMILES string of the molecule is C=C.C=O.CC1CCPCC1.CNc1ccccc1. The molecule has 1 aliphatic rings. The fourth-order valence-corrected chi connectivity index (χ4v) is 3.21. The van der Waals surface area contributed by atoms with E-state index in [1.54, 1.807) is 0 Å². The standard InChI is InChI=1S/C7H9N.C6H13P.C2H4.CH2O/c1-8-7-5-3-2-4-6-7;1-6-2-4-7-5-3-6;2*1-2/h2-6,8H,1H3;6-7H,2-5H2,1H3;1-2H2;1H2. The molecule has 2 rings (SSSR count). The molecule has 3 heteroatoms. The molecule has 1 aromatic rings. The first kappa shape index (κ1) is 20.2. The summed E-state index contributed by atoms with van der Waals surface area (Å²) >= 11 is 0. The van der Waals surface area contributed by atoms with Crippen LogP contribution in [0.25, 0.3) is 0 Å². The highest BCUT2D eigenvalue weighted by atomic mass is 31.1. The Balaban J connectivity index is 0. The number of rotatable bonds is 1. The van der Waals surface area contributed by atoms with Gasteiger partial charge in [0.15, 0.2) is 0 Å². The van der Waals surface area contributed by atoms with Gasteiger partial charge in [-0.15, -0.1) is 21.7 Å². The van der Waals surface area contributed by atoms with Gasteiger partial charge in [0.25, 0.3) is 0 Å². The quantitative estimate of drug-likeness (QED) is 0.609. The molecule has 1 N–H and O–H groups in total. The number of carbonyl (C=O) groups excluding carboxylic acids is 1. The van der Waals surface area contributed by atoms with Crippen LogP contribution < -0.4 is 5.32 Å². The van der Waals surface area contributed by atoms with Crippen LogP contribution in [-0.4, -0.2) is 26.2 Å². The molecule has 1 aliphatic heterocycles. The third-order valence-corrected chi connectivity index (χ3v) is 3.97. The van der Waals surface area contributed by atoms with Crippen molar-refractivity contribution < 1.29 is 4.79 Å². The third kappa shape index (κ3) is 13.1. The van der Waals surface area contributed by atoms with E-state index in [0.717, 1.165) is 11.6 Å². The van der Waals surface area contributed by atoms with Gasteiger partial charge in [-0.25, -0.2) is 0 Å². The Kier molecular flexibility index (Phi) is 17.9. The number of nitrogens with one attached hydrogen (secondary N) is 1. The number of carbonyl (C=O) groups is 1. The van der Waals surface area contributed by atoms with Crippen molar-refractivity contribution in [3.63, 3.8) is 0 Å². The van der Waals surface area contributed by atoms with Crippen molar-refractivity contribution in [1.29, 1.82) is 0 Å². The van der Waals surface area contributed by atoms with Gasteiger partial charge >= 0.3 is 0 Å². The van der Waals surface area contributed by atoms with Gasteiger partial charge < -0.3 is 10.1 Å². The molecule has 0 spiro atoms. The maximum atomic E-state index is 8.00. The normalized spacial score (nSPS) is 17.5. The Bertz CT molecular complexity index is 271. The Hall–Kier alpha value is -1.14. The predicted molar refractivity (Wildman–Crippen MR) is 90.8 cm³/mol. The molecule has 2 nitrogen and oxygen atoms in total. The van der Waals surface area contributed by atoms with Crippen molar-refractivity contribution in [2.24, 2.45) is 5.92 Å². The molecule has 0 aliphatic carbocycles. The van der Waals surface area contributed by atoms with Crippen LogP contribution in [0.1, 0.15) is 19.8 Å². The molecule has 1 aromatic carbocycles. The van der Waals surface area contributed by atoms with Crippen LogP contribution >= 0.6 is 8.58 Å². The summed E-state index contributed by atoms with van der Waals surface area (Å²) < 4.78 is 0. The van der Waals surface area contributed by atoms with Gasteiger partial charge in [-0.2, -0.15) is 0 Å². The first-order chi connectivity index (χ1) is 9.33. The van der Waals surface area contributed by atoms with E-state index in [4.69, 9.17) is 4.79 Å². The van der Waals surface area contributed by atoms with E-state index in [-0.39, 0.29) is 0 Å². The molecule has 108 valence electrons. The average molecular weight is 281 g/mol. The van der Waals surface area contributed by atoms with Crippen molar-refractivity contribution in [2.45, 2.75) is 19.8 Å².